The molecule has 1 amide bonds. The molecule has 3 aliphatic rings. The molecule has 19 heteroatoms. The quantitative estimate of drug-likeness (QED) is 0.0328. The first-order chi connectivity index (χ1) is 29.3. The molecule has 0 aliphatic carbocycles. The highest BCUT2D eigenvalue weighted by molar-refractivity contribution is 5.76. The number of ether oxygens (including phenoxy) is 6. The topological polar surface area (TPSA) is 307 Å². The largest absolute Gasteiger partial charge is 0.394 e. The lowest BCUT2D eigenvalue weighted by Crippen LogP contribution is -2.66. The molecule has 3 aliphatic heterocycles. The van der Waals surface area contributed by atoms with Gasteiger partial charge in [0.2, 0.25) is 5.91 Å². The molecule has 0 aromatic rings. The Hall–Kier alpha value is -1.73. The van der Waals surface area contributed by atoms with E-state index in [1.165, 1.54) is 32.1 Å². The van der Waals surface area contributed by atoms with E-state index in [-0.39, 0.29) is 18.9 Å². The van der Waals surface area contributed by atoms with Crippen molar-refractivity contribution >= 4 is 5.91 Å². The fraction of sp³-hybridized carbons (Fsp3) is 0.881. The number of unbranched alkanes of at least 4 members (excludes halogenated alkanes) is 10. The van der Waals surface area contributed by atoms with Crippen molar-refractivity contribution in [1.82, 2.24) is 5.32 Å². The van der Waals surface area contributed by atoms with Gasteiger partial charge >= 0.3 is 0 Å². The van der Waals surface area contributed by atoms with Crippen molar-refractivity contribution in [3.05, 3.63) is 24.3 Å². The summed E-state index contributed by atoms with van der Waals surface area (Å²) < 4.78 is 33.8. The summed E-state index contributed by atoms with van der Waals surface area (Å²) in [5.74, 6) is -0.298. The zero-order chi connectivity index (χ0) is 44.9. The second kappa shape index (κ2) is 28.9. The first kappa shape index (κ1) is 53.6. The second-order valence-electron chi connectivity index (χ2n) is 16.2. The van der Waals surface area contributed by atoms with Gasteiger partial charge in [-0.3, -0.25) is 4.79 Å². The Kier molecular flexibility index (Phi) is 25.4. The summed E-state index contributed by atoms with van der Waals surface area (Å²) in [6, 6.07) is -0.978. The van der Waals surface area contributed by atoms with Crippen molar-refractivity contribution in [2.24, 2.45) is 0 Å². The summed E-state index contributed by atoms with van der Waals surface area (Å²) in [6.45, 7) is 1.48. The summed E-state index contributed by atoms with van der Waals surface area (Å²) in [6.07, 6.45) is -5.93. The molecule has 12 N–H and O–H groups in total. The van der Waals surface area contributed by atoms with Gasteiger partial charge in [0.15, 0.2) is 18.9 Å². The summed E-state index contributed by atoms with van der Waals surface area (Å²) in [5.41, 5.74) is 0. The summed E-state index contributed by atoms with van der Waals surface area (Å²) in [7, 11) is 0. The van der Waals surface area contributed by atoms with Crippen molar-refractivity contribution in [3.8, 4) is 0 Å². The number of aliphatic hydroxyl groups is 11. The van der Waals surface area contributed by atoms with Gasteiger partial charge in [0.25, 0.3) is 0 Å². The van der Waals surface area contributed by atoms with E-state index in [1.807, 2.05) is 0 Å². The zero-order valence-corrected chi connectivity index (χ0v) is 35.6. The van der Waals surface area contributed by atoms with E-state index in [4.69, 9.17) is 28.4 Å². The van der Waals surface area contributed by atoms with Crippen LogP contribution in [0.1, 0.15) is 104 Å². The van der Waals surface area contributed by atoms with Gasteiger partial charge in [-0.25, -0.2) is 0 Å². The molecule has 0 bridgehead atoms. The maximum absolute atomic E-state index is 13.0. The van der Waals surface area contributed by atoms with E-state index in [1.54, 1.807) is 12.2 Å². The van der Waals surface area contributed by atoms with Crippen LogP contribution in [0.3, 0.4) is 0 Å². The fourth-order valence-corrected chi connectivity index (χ4v) is 7.44. The van der Waals surface area contributed by atoms with Gasteiger partial charge in [0, 0.05) is 6.42 Å². The molecule has 17 atom stereocenters. The third-order valence-electron chi connectivity index (χ3n) is 11.2. The number of hydrogen-bond acceptors (Lipinski definition) is 18. The maximum Gasteiger partial charge on any atom is 0.220 e. The van der Waals surface area contributed by atoms with E-state index in [9.17, 15) is 61.0 Å². The molecule has 3 fully saturated rings. The Bertz CT molecular complexity index is 1240. The Morgan fingerprint density at radius 1 is 0.574 bits per heavy atom. The van der Waals surface area contributed by atoms with Crippen LogP contribution in [0.5, 0.6) is 0 Å². The van der Waals surface area contributed by atoms with Crippen LogP contribution in [0.4, 0.5) is 0 Å². The predicted molar refractivity (Wildman–Crippen MR) is 217 cm³/mol. The lowest BCUT2D eigenvalue weighted by molar-refractivity contribution is -0.379. The van der Waals surface area contributed by atoms with Crippen molar-refractivity contribution in [3.63, 3.8) is 0 Å². The first-order valence-electron chi connectivity index (χ1n) is 22.1. The Morgan fingerprint density at radius 3 is 1.61 bits per heavy atom. The molecule has 61 heavy (non-hydrogen) atoms. The highest BCUT2D eigenvalue weighted by atomic mass is 16.8. The van der Waals surface area contributed by atoms with Gasteiger partial charge in [0.05, 0.1) is 38.6 Å². The number of amides is 1. The van der Waals surface area contributed by atoms with Gasteiger partial charge in [-0.15, -0.1) is 0 Å². The van der Waals surface area contributed by atoms with Crippen LogP contribution in [0.15, 0.2) is 24.3 Å². The minimum absolute atomic E-state index is 0.236. The average molecular weight is 882 g/mol. The minimum atomic E-state index is -1.97. The van der Waals surface area contributed by atoms with E-state index in [0.29, 0.717) is 12.8 Å². The maximum atomic E-state index is 13.0. The number of rotatable bonds is 28. The molecule has 356 valence electrons. The SMILES string of the molecule is CCC/C=C/CC/C=C/C(O)C(COC1OC(CO)C(OC2OC(CO)C(OC3OC(CO)C(O)C(O)C3O)C(O)C2O)C(O)C1O)NC(=O)CCCCCCCCCCC. The van der Waals surface area contributed by atoms with Crippen LogP contribution in [0.25, 0.3) is 0 Å². The molecule has 3 rings (SSSR count). The van der Waals surface area contributed by atoms with E-state index in [0.717, 1.165) is 38.5 Å². The molecule has 3 heterocycles. The number of nitrogens with one attached hydrogen (secondary N) is 1. The van der Waals surface area contributed by atoms with Gasteiger partial charge in [-0.05, 0) is 25.7 Å². The van der Waals surface area contributed by atoms with E-state index < -0.39 is 124 Å². The minimum Gasteiger partial charge on any atom is -0.394 e. The number of carbonyl (C=O) groups is 1. The van der Waals surface area contributed by atoms with Crippen LogP contribution >= 0.6 is 0 Å². The van der Waals surface area contributed by atoms with Crippen molar-refractivity contribution in [2.45, 2.75) is 208 Å². The molecular formula is C42H75NO18. The van der Waals surface area contributed by atoms with Gasteiger partial charge in [0.1, 0.15) is 73.2 Å². The van der Waals surface area contributed by atoms with E-state index in [2.05, 4.69) is 31.3 Å². The van der Waals surface area contributed by atoms with Crippen LogP contribution in [0.2, 0.25) is 0 Å². The van der Waals surface area contributed by atoms with Crippen molar-refractivity contribution in [1.29, 1.82) is 0 Å². The fourth-order valence-electron chi connectivity index (χ4n) is 7.44. The smallest absolute Gasteiger partial charge is 0.220 e. The zero-order valence-electron chi connectivity index (χ0n) is 35.6. The molecular weight excluding hydrogens is 806 g/mol. The standard InChI is InChI=1S/C42H75NO18/c1-3-5-7-9-11-12-14-16-18-20-30(48)43-25(26(47)19-17-15-13-10-8-6-4-2)24-56-40-36(54)33(51)38(28(22-45)58-40)61-42-37(55)34(52)39(29(23-46)59-42)60-41-35(53)32(50)31(49)27(21-44)57-41/h8,10,17,19,25-29,31-42,44-47,49-55H,3-7,9,11-16,18,20-24H2,1-2H3,(H,43,48)/b10-8+,19-17+. The lowest BCUT2D eigenvalue weighted by atomic mass is 9.96. The van der Waals surface area contributed by atoms with Gasteiger partial charge < -0.3 is 89.9 Å². The average Bonchev–Trinajstić information content (AvgIpc) is 3.25. The molecule has 0 radical (unpaired) electrons. The molecule has 3 saturated heterocycles. The summed E-state index contributed by atoms with van der Waals surface area (Å²) >= 11 is 0. The molecule has 0 aromatic carbocycles. The van der Waals surface area contributed by atoms with Gasteiger partial charge in [-0.1, -0.05) is 95.9 Å². The van der Waals surface area contributed by atoms with Gasteiger partial charge in [-0.2, -0.15) is 0 Å². The Labute approximate surface area is 358 Å². The third-order valence-corrected chi connectivity index (χ3v) is 11.2. The highest BCUT2D eigenvalue weighted by Crippen LogP contribution is 2.33. The summed E-state index contributed by atoms with van der Waals surface area (Å²) in [4.78, 5) is 13.0. The lowest BCUT2D eigenvalue weighted by Gasteiger charge is -2.48. The third kappa shape index (κ3) is 16.6. The van der Waals surface area contributed by atoms with Crippen molar-refractivity contribution in [2.75, 3.05) is 26.4 Å². The number of allylic oxidation sites excluding steroid dienone is 3. The molecule has 0 spiro atoms. The number of hydrogen-bond donors (Lipinski definition) is 12. The van der Waals surface area contributed by atoms with Crippen LogP contribution in [-0.2, 0) is 33.2 Å². The Balaban J connectivity index is 1.62. The number of aliphatic hydroxyl groups excluding tert-OH is 11. The monoisotopic (exact) mass is 881 g/mol. The van der Waals surface area contributed by atoms with E-state index >= 15 is 0 Å². The van der Waals surface area contributed by atoms with Crippen LogP contribution in [0, 0.1) is 0 Å². The highest BCUT2D eigenvalue weighted by Gasteiger charge is 2.53. The van der Waals surface area contributed by atoms with Crippen LogP contribution < -0.4 is 5.32 Å². The Morgan fingerprint density at radius 2 is 1.05 bits per heavy atom. The number of carbonyl (C=O) groups excluding carboxylic acids is 1. The molecule has 0 aromatic heterocycles. The second-order valence-corrected chi connectivity index (χ2v) is 16.2. The van der Waals surface area contributed by atoms with Crippen LogP contribution in [-0.4, -0.2) is 193 Å². The predicted octanol–water partition coefficient (Wildman–Crippen LogP) is -1.09. The summed E-state index contributed by atoms with van der Waals surface area (Å²) in [5, 5.41) is 119. The first-order valence-corrected chi connectivity index (χ1v) is 22.1. The van der Waals surface area contributed by atoms with Crippen molar-refractivity contribution < 1.29 is 89.4 Å². The molecule has 17 unspecified atom stereocenters. The normalized spacial score (nSPS) is 35.8. The molecule has 0 saturated carbocycles. The molecule has 19 nitrogen and oxygen atoms in total.